The number of pyridine rings is 2. The standard InChI is InChI=1S/C25H25N9O.ClH/c1-16-11-17(4-6-21(16)35-19-8-10-34-23(12-19)28-15-30-34)32-25-24-20(27-14-29-25)5-7-22(33-24)31-18-3-2-9-26-13-18;/h4-8,10-12,14-15,18,26H,2-3,9,13H2,1H3,(H,31,33)(H,27,29,32);1H/t18-;/m0./s1. The Labute approximate surface area is 214 Å². The van der Waals surface area contributed by atoms with E-state index in [1.54, 1.807) is 10.8 Å². The monoisotopic (exact) mass is 503 g/mol. The number of nitrogens with zero attached hydrogens (tertiary/aromatic N) is 6. The average molecular weight is 504 g/mol. The highest BCUT2D eigenvalue weighted by Crippen LogP contribution is 2.30. The Morgan fingerprint density at radius 1 is 1.06 bits per heavy atom. The van der Waals surface area contributed by atoms with Crippen LogP contribution >= 0.6 is 12.4 Å². The maximum absolute atomic E-state index is 6.09. The second-order valence-electron chi connectivity index (χ2n) is 8.61. The van der Waals surface area contributed by atoms with Gasteiger partial charge in [-0.3, -0.25) is 0 Å². The lowest BCUT2D eigenvalue weighted by atomic mass is 10.1. The van der Waals surface area contributed by atoms with E-state index in [9.17, 15) is 0 Å². The van der Waals surface area contributed by atoms with Crippen molar-refractivity contribution < 1.29 is 4.74 Å². The molecule has 0 radical (unpaired) electrons. The molecule has 0 unspecified atom stereocenters. The molecule has 184 valence electrons. The number of rotatable bonds is 6. The van der Waals surface area contributed by atoms with Crippen LogP contribution in [0.15, 0.2) is 61.3 Å². The molecule has 36 heavy (non-hydrogen) atoms. The summed E-state index contributed by atoms with van der Waals surface area (Å²) in [7, 11) is 0. The summed E-state index contributed by atoms with van der Waals surface area (Å²) in [5.41, 5.74) is 4.11. The first-order chi connectivity index (χ1) is 17.2. The first-order valence-electron chi connectivity index (χ1n) is 11.7. The molecular formula is C25H26ClN9O. The van der Waals surface area contributed by atoms with Crippen molar-refractivity contribution in [2.75, 3.05) is 23.7 Å². The molecule has 4 aromatic heterocycles. The van der Waals surface area contributed by atoms with E-state index in [1.807, 2.05) is 55.6 Å². The van der Waals surface area contributed by atoms with E-state index < -0.39 is 0 Å². The number of hydrogen-bond acceptors (Lipinski definition) is 9. The second-order valence-corrected chi connectivity index (χ2v) is 8.61. The number of benzene rings is 1. The van der Waals surface area contributed by atoms with Crippen molar-refractivity contribution in [1.82, 2.24) is 34.9 Å². The summed E-state index contributed by atoms with van der Waals surface area (Å²) < 4.78 is 7.78. The first-order valence-corrected chi connectivity index (χ1v) is 11.7. The first kappa shape index (κ1) is 23.7. The van der Waals surface area contributed by atoms with Gasteiger partial charge < -0.3 is 20.7 Å². The van der Waals surface area contributed by atoms with Crippen LogP contribution in [0.25, 0.3) is 16.7 Å². The van der Waals surface area contributed by atoms with E-state index in [-0.39, 0.29) is 12.4 Å². The molecule has 1 fully saturated rings. The van der Waals surface area contributed by atoms with Crippen molar-refractivity contribution in [3.8, 4) is 11.5 Å². The summed E-state index contributed by atoms with van der Waals surface area (Å²) in [6.07, 6.45) is 7.18. The van der Waals surface area contributed by atoms with Crippen molar-refractivity contribution >= 4 is 46.4 Å². The fourth-order valence-corrected chi connectivity index (χ4v) is 4.26. The van der Waals surface area contributed by atoms with Crippen LogP contribution in [-0.4, -0.2) is 48.7 Å². The summed E-state index contributed by atoms with van der Waals surface area (Å²) in [5.74, 6) is 2.95. The Balaban J connectivity index is 0.00000267. The van der Waals surface area contributed by atoms with E-state index >= 15 is 0 Å². The normalized spacial score (nSPS) is 15.4. The molecule has 0 saturated carbocycles. The van der Waals surface area contributed by atoms with E-state index in [0.717, 1.165) is 65.4 Å². The summed E-state index contributed by atoms with van der Waals surface area (Å²) in [6.45, 7) is 4.02. The number of halogens is 1. The van der Waals surface area contributed by atoms with Gasteiger partial charge in [0.15, 0.2) is 11.5 Å². The number of aryl methyl sites for hydroxylation is 1. The highest BCUT2D eigenvalue weighted by atomic mass is 35.5. The van der Waals surface area contributed by atoms with Crippen LogP contribution in [0.3, 0.4) is 0 Å². The Hall–Kier alpha value is -4.02. The zero-order valence-corrected chi connectivity index (χ0v) is 20.5. The molecule has 11 heteroatoms. The Kier molecular flexibility index (Phi) is 6.79. The van der Waals surface area contributed by atoms with Gasteiger partial charge in [-0.2, -0.15) is 5.10 Å². The zero-order valence-electron chi connectivity index (χ0n) is 19.7. The summed E-state index contributed by atoms with van der Waals surface area (Å²) in [4.78, 5) is 17.9. The molecule has 5 heterocycles. The van der Waals surface area contributed by atoms with Gasteiger partial charge in [0, 0.05) is 30.5 Å². The summed E-state index contributed by atoms with van der Waals surface area (Å²) in [6, 6.07) is 14.0. The number of nitrogens with one attached hydrogen (secondary N) is 3. The lowest BCUT2D eigenvalue weighted by Crippen LogP contribution is -2.38. The predicted molar refractivity (Wildman–Crippen MR) is 142 cm³/mol. The van der Waals surface area contributed by atoms with E-state index in [0.29, 0.717) is 17.6 Å². The van der Waals surface area contributed by atoms with E-state index in [1.165, 1.54) is 6.33 Å². The van der Waals surface area contributed by atoms with Crippen molar-refractivity contribution in [3.63, 3.8) is 0 Å². The summed E-state index contributed by atoms with van der Waals surface area (Å²) >= 11 is 0. The van der Waals surface area contributed by atoms with Gasteiger partial charge in [-0.05, 0) is 68.3 Å². The molecule has 1 aliphatic rings. The fraction of sp³-hybridized carbons (Fsp3) is 0.240. The molecule has 5 aromatic rings. The van der Waals surface area contributed by atoms with Crippen LogP contribution in [0.2, 0.25) is 0 Å². The molecule has 1 aromatic carbocycles. The number of ether oxygens (including phenoxy) is 1. The largest absolute Gasteiger partial charge is 0.457 e. The maximum Gasteiger partial charge on any atom is 0.160 e. The van der Waals surface area contributed by atoms with Gasteiger partial charge in [0.1, 0.15) is 35.5 Å². The molecular weight excluding hydrogens is 478 g/mol. The van der Waals surface area contributed by atoms with Gasteiger partial charge in [0.25, 0.3) is 0 Å². The highest BCUT2D eigenvalue weighted by Gasteiger charge is 2.14. The van der Waals surface area contributed by atoms with Crippen molar-refractivity contribution in [3.05, 3.63) is 66.9 Å². The van der Waals surface area contributed by atoms with Crippen LogP contribution in [0.5, 0.6) is 11.5 Å². The van der Waals surface area contributed by atoms with Gasteiger partial charge in [-0.1, -0.05) is 0 Å². The molecule has 0 bridgehead atoms. The number of anilines is 3. The van der Waals surface area contributed by atoms with Crippen LogP contribution in [-0.2, 0) is 0 Å². The smallest absolute Gasteiger partial charge is 0.160 e. The topological polar surface area (TPSA) is 114 Å². The van der Waals surface area contributed by atoms with Crippen molar-refractivity contribution in [2.24, 2.45) is 0 Å². The minimum Gasteiger partial charge on any atom is -0.457 e. The quantitative estimate of drug-likeness (QED) is 0.308. The van der Waals surface area contributed by atoms with E-state index in [4.69, 9.17) is 9.72 Å². The number of fused-ring (bicyclic) bond motifs is 2. The SMILES string of the molecule is Cc1cc(Nc2ncnc3ccc(N[C@H]4CCCNC4)nc23)ccc1Oc1ccn2ncnc2c1.Cl. The molecule has 1 atom stereocenters. The maximum atomic E-state index is 6.09. The number of aromatic nitrogens is 6. The number of hydrogen-bond donors (Lipinski definition) is 3. The van der Waals surface area contributed by atoms with Crippen LogP contribution in [0.4, 0.5) is 17.3 Å². The third-order valence-corrected chi connectivity index (χ3v) is 6.05. The molecule has 0 aliphatic carbocycles. The molecule has 0 spiro atoms. The predicted octanol–water partition coefficient (Wildman–Crippen LogP) is 4.50. The molecule has 1 saturated heterocycles. The molecule has 3 N–H and O–H groups in total. The van der Waals surface area contributed by atoms with Gasteiger partial charge in [-0.15, -0.1) is 12.4 Å². The fourth-order valence-electron chi connectivity index (χ4n) is 4.26. The zero-order chi connectivity index (χ0) is 23.6. The summed E-state index contributed by atoms with van der Waals surface area (Å²) in [5, 5.41) is 14.5. The minimum absolute atomic E-state index is 0. The van der Waals surface area contributed by atoms with Gasteiger partial charge >= 0.3 is 0 Å². The number of piperidine rings is 1. The third kappa shape index (κ3) is 5.00. The second kappa shape index (κ2) is 10.3. The van der Waals surface area contributed by atoms with E-state index in [2.05, 4.69) is 36.0 Å². The van der Waals surface area contributed by atoms with Crippen molar-refractivity contribution in [1.29, 1.82) is 0 Å². The lowest BCUT2D eigenvalue weighted by molar-refractivity contribution is 0.478. The van der Waals surface area contributed by atoms with Crippen LogP contribution < -0.4 is 20.7 Å². The van der Waals surface area contributed by atoms with Crippen LogP contribution in [0, 0.1) is 6.92 Å². The van der Waals surface area contributed by atoms with Crippen molar-refractivity contribution in [2.45, 2.75) is 25.8 Å². The van der Waals surface area contributed by atoms with Gasteiger partial charge in [0.05, 0.1) is 5.52 Å². The lowest BCUT2D eigenvalue weighted by Gasteiger charge is -2.24. The molecule has 6 rings (SSSR count). The van der Waals surface area contributed by atoms with Gasteiger partial charge in [-0.25, -0.2) is 24.5 Å². The van der Waals surface area contributed by atoms with Gasteiger partial charge in [0.2, 0.25) is 0 Å². The Morgan fingerprint density at radius 3 is 2.86 bits per heavy atom. The minimum atomic E-state index is 0. The molecule has 10 nitrogen and oxygen atoms in total. The Bertz CT molecular complexity index is 1500. The Morgan fingerprint density at radius 2 is 2.00 bits per heavy atom. The van der Waals surface area contributed by atoms with Crippen LogP contribution in [0.1, 0.15) is 18.4 Å². The molecule has 0 amide bonds. The average Bonchev–Trinajstić information content (AvgIpc) is 3.35. The molecule has 1 aliphatic heterocycles. The highest BCUT2D eigenvalue weighted by molar-refractivity contribution is 5.88. The third-order valence-electron chi connectivity index (χ3n) is 6.05.